The highest BCUT2D eigenvalue weighted by molar-refractivity contribution is 7.79. The standard InChI is InChI=1S/C22H30O6P2/c1-5-25-29(23,26-6-2)22(30(24,27-7-3)28-8-4)18-19-14-16-21(17-15-19)20-12-10-9-11-13-20/h9-18H,5-8H2,1-4H3. The van der Waals surface area contributed by atoms with Crippen LogP contribution in [0.25, 0.3) is 17.2 Å². The van der Waals surface area contributed by atoms with Crippen molar-refractivity contribution in [3.8, 4) is 11.1 Å². The second-order valence-electron chi connectivity index (χ2n) is 6.16. The van der Waals surface area contributed by atoms with E-state index in [-0.39, 0.29) is 31.5 Å². The predicted octanol–water partition coefficient (Wildman–Crippen LogP) is 7.18. The molecule has 2 aromatic rings. The van der Waals surface area contributed by atoms with Gasteiger partial charge >= 0.3 is 15.2 Å². The Kier molecular flexibility index (Phi) is 9.70. The Balaban J connectivity index is 2.56. The van der Waals surface area contributed by atoms with E-state index < -0.39 is 15.2 Å². The molecule has 0 radical (unpaired) electrons. The van der Waals surface area contributed by atoms with Gasteiger partial charge in [-0.05, 0) is 50.5 Å². The van der Waals surface area contributed by atoms with Gasteiger partial charge in [0.2, 0.25) is 0 Å². The Morgan fingerprint density at radius 1 is 0.667 bits per heavy atom. The molecule has 0 amide bonds. The van der Waals surface area contributed by atoms with Crippen LogP contribution in [0, 0.1) is 0 Å². The Bertz CT molecular complexity index is 857. The summed E-state index contributed by atoms with van der Waals surface area (Å²) in [4.78, 5) is 0. The maximum absolute atomic E-state index is 13.6. The number of benzene rings is 2. The van der Waals surface area contributed by atoms with Gasteiger partial charge in [-0.2, -0.15) is 0 Å². The van der Waals surface area contributed by atoms with Crippen molar-refractivity contribution in [2.24, 2.45) is 0 Å². The van der Waals surface area contributed by atoms with E-state index in [9.17, 15) is 9.13 Å². The van der Waals surface area contributed by atoms with Gasteiger partial charge in [0.1, 0.15) is 0 Å². The predicted molar refractivity (Wildman–Crippen MR) is 122 cm³/mol. The van der Waals surface area contributed by atoms with E-state index in [1.165, 1.54) is 6.08 Å². The Morgan fingerprint density at radius 3 is 1.47 bits per heavy atom. The van der Waals surface area contributed by atoms with Crippen molar-refractivity contribution >= 4 is 21.3 Å². The van der Waals surface area contributed by atoms with Crippen LogP contribution in [0.3, 0.4) is 0 Å². The summed E-state index contributed by atoms with van der Waals surface area (Å²) in [7, 11) is -7.80. The van der Waals surface area contributed by atoms with Crippen molar-refractivity contribution in [1.29, 1.82) is 0 Å². The molecular formula is C22H30O6P2. The van der Waals surface area contributed by atoms with Gasteiger partial charge in [-0.1, -0.05) is 54.6 Å². The molecule has 0 saturated carbocycles. The van der Waals surface area contributed by atoms with E-state index >= 15 is 0 Å². The smallest absolute Gasteiger partial charge is 0.305 e. The van der Waals surface area contributed by atoms with Crippen molar-refractivity contribution < 1.29 is 27.2 Å². The first kappa shape index (κ1) is 24.7. The van der Waals surface area contributed by atoms with Crippen molar-refractivity contribution in [3.05, 3.63) is 65.2 Å². The van der Waals surface area contributed by atoms with Crippen LogP contribution in [0.15, 0.2) is 59.7 Å². The number of rotatable bonds is 12. The summed E-state index contributed by atoms with van der Waals surface area (Å²) < 4.78 is 49.0. The van der Waals surface area contributed by atoms with Crippen LogP contribution >= 0.6 is 15.2 Å². The molecule has 0 aliphatic heterocycles. The molecule has 0 saturated heterocycles. The molecule has 30 heavy (non-hydrogen) atoms. The molecule has 0 unspecified atom stereocenters. The van der Waals surface area contributed by atoms with Crippen molar-refractivity contribution in [1.82, 2.24) is 0 Å². The first-order valence-electron chi connectivity index (χ1n) is 10.1. The maximum atomic E-state index is 13.6. The second kappa shape index (κ2) is 11.8. The zero-order chi connectivity index (χ0) is 22.0. The van der Waals surface area contributed by atoms with Crippen LogP contribution in [0.2, 0.25) is 0 Å². The van der Waals surface area contributed by atoms with Gasteiger partial charge in [0.25, 0.3) is 0 Å². The summed E-state index contributed by atoms with van der Waals surface area (Å²) in [6, 6.07) is 17.5. The fraction of sp³-hybridized carbons (Fsp3) is 0.364. The van der Waals surface area contributed by atoms with Crippen LogP contribution in [0.4, 0.5) is 0 Å². The van der Waals surface area contributed by atoms with E-state index in [0.717, 1.165) is 11.1 Å². The summed E-state index contributed by atoms with van der Waals surface area (Å²) >= 11 is 0. The third kappa shape index (κ3) is 6.24. The molecule has 0 spiro atoms. The molecular weight excluding hydrogens is 422 g/mol. The van der Waals surface area contributed by atoms with Crippen molar-refractivity contribution in [2.45, 2.75) is 27.7 Å². The summed E-state index contributed by atoms with van der Waals surface area (Å²) in [5, 5.41) is -0.0881. The maximum Gasteiger partial charge on any atom is 0.369 e. The van der Waals surface area contributed by atoms with Crippen LogP contribution in [0.5, 0.6) is 0 Å². The van der Waals surface area contributed by atoms with Gasteiger partial charge in [0, 0.05) is 0 Å². The summed E-state index contributed by atoms with van der Waals surface area (Å²) in [6.45, 7) is 7.29. The average Bonchev–Trinajstić information content (AvgIpc) is 2.73. The molecule has 0 heterocycles. The number of hydrogen-bond acceptors (Lipinski definition) is 6. The largest absolute Gasteiger partial charge is 0.369 e. The lowest BCUT2D eigenvalue weighted by atomic mass is 10.0. The molecule has 0 aliphatic carbocycles. The Hall–Kier alpha value is -1.52. The second-order valence-corrected chi connectivity index (χ2v) is 10.5. The van der Waals surface area contributed by atoms with Crippen molar-refractivity contribution in [3.63, 3.8) is 0 Å². The third-order valence-electron chi connectivity index (χ3n) is 4.07. The van der Waals surface area contributed by atoms with Gasteiger partial charge in [-0.25, -0.2) is 0 Å². The average molecular weight is 452 g/mol. The molecule has 0 fully saturated rings. The van der Waals surface area contributed by atoms with E-state index in [0.29, 0.717) is 5.56 Å². The first-order valence-corrected chi connectivity index (χ1v) is 13.2. The molecule has 8 heteroatoms. The van der Waals surface area contributed by atoms with E-state index in [1.807, 2.05) is 54.6 Å². The molecule has 0 aromatic heterocycles. The zero-order valence-electron chi connectivity index (χ0n) is 17.9. The lowest BCUT2D eigenvalue weighted by molar-refractivity contribution is 0.214. The third-order valence-corrected chi connectivity index (χ3v) is 9.31. The summed E-state index contributed by atoms with van der Waals surface area (Å²) in [5.41, 5.74) is 2.80. The fourth-order valence-electron chi connectivity index (χ4n) is 2.88. The van der Waals surface area contributed by atoms with Gasteiger partial charge < -0.3 is 18.1 Å². The summed E-state index contributed by atoms with van der Waals surface area (Å²) in [6.07, 6.45) is 1.53. The molecule has 164 valence electrons. The first-order chi connectivity index (χ1) is 14.4. The van der Waals surface area contributed by atoms with Gasteiger partial charge in [0.05, 0.1) is 26.4 Å². The highest BCUT2D eigenvalue weighted by atomic mass is 31.2. The van der Waals surface area contributed by atoms with E-state index in [4.69, 9.17) is 18.1 Å². The Labute approximate surface area is 179 Å². The van der Waals surface area contributed by atoms with E-state index in [2.05, 4.69) is 0 Å². The molecule has 6 nitrogen and oxygen atoms in total. The van der Waals surface area contributed by atoms with Crippen LogP contribution in [-0.4, -0.2) is 26.4 Å². The monoisotopic (exact) mass is 452 g/mol. The van der Waals surface area contributed by atoms with E-state index in [1.54, 1.807) is 27.7 Å². The molecule has 0 aliphatic rings. The molecule has 2 rings (SSSR count). The zero-order valence-corrected chi connectivity index (χ0v) is 19.7. The highest BCUT2D eigenvalue weighted by Crippen LogP contribution is 2.74. The minimum Gasteiger partial charge on any atom is -0.305 e. The molecule has 0 N–H and O–H groups in total. The molecule has 0 atom stereocenters. The number of hydrogen-bond donors (Lipinski definition) is 0. The minimum absolute atomic E-state index is 0.0881. The van der Waals surface area contributed by atoms with Gasteiger partial charge in [-0.15, -0.1) is 0 Å². The van der Waals surface area contributed by atoms with Crippen molar-refractivity contribution in [2.75, 3.05) is 26.4 Å². The van der Waals surface area contributed by atoms with Crippen LogP contribution in [0.1, 0.15) is 33.3 Å². The SMILES string of the molecule is CCOP(=O)(OCC)C(=Cc1ccc(-c2ccccc2)cc1)P(=O)(OCC)OCC. The lowest BCUT2D eigenvalue weighted by Gasteiger charge is -2.25. The lowest BCUT2D eigenvalue weighted by Crippen LogP contribution is -2.05. The highest BCUT2D eigenvalue weighted by Gasteiger charge is 2.45. The topological polar surface area (TPSA) is 71.1 Å². The summed E-state index contributed by atoms with van der Waals surface area (Å²) in [5.74, 6) is 0. The molecule has 0 bridgehead atoms. The van der Waals surface area contributed by atoms with Gasteiger partial charge in [0.15, 0.2) is 5.06 Å². The quantitative estimate of drug-likeness (QED) is 0.318. The minimum atomic E-state index is -3.90. The van der Waals surface area contributed by atoms with Crippen LogP contribution in [-0.2, 0) is 27.2 Å². The van der Waals surface area contributed by atoms with Gasteiger partial charge in [-0.3, -0.25) is 9.13 Å². The normalized spacial score (nSPS) is 12.0. The van der Waals surface area contributed by atoms with Crippen LogP contribution < -0.4 is 0 Å². The molecule has 2 aromatic carbocycles. The fourth-order valence-corrected chi connectivity index (χ4v) is 7.42. The Morgan fingerprint density at radius 2 is 1.07 bits per heavy atom.